The number of nitrogens with zero attached hydrogens (tertiary/aromatic N) is 2. The molecule has 2 rings (SSSR count). The van der Waals surface area contributed by atoms with Crippen LogP contribution in [-0.2, 0) is 4.79 Å². The van der Waals surface area contributed by atoms with Gasteiger partial charge in [0.15, 0.2) is 0 Å². The van der Waals surface area contributed by atoms with E-state index in [4.69, 9.17) is 0 Å². The first-order valence-corrected chi connectivity index (χ1v) is 5.75. The summed E-state index contributed by atoms with van der Waals surface area (Å²) in [5.41, 5.74) is 0.972. The number of nitrogens with one attached hydrogen (secondary N) is 1. The highest BCUT2D eigenvalue weighted by molar-refractivity contribution is 5.94. The molecule has 1 saturated carbocycles. The minimum Gasteiger partial charge on any atom is -0.323 e. The quantitative estimate of drug-likeness (QED) is 0.852. The van der Waals surface area contributed by atoms with Gasteiger partial charge in [-0.2, -0.15) is 5.10 Å². The van der Waals surface area contributed by atoms with E-state index in [1.54, 1.807) is 6.20 Å². The van der Waals surface area contributed by atoms with Crippen molar-refractivity contribution in [3.63, 3.8) is 0 Å². The largest absolute Gasteiger partial charge is 0.323 e. The summed E-state index contributed by atoms with van der Waals surface area (Å²) < 4.78 is 1.84. The van der Waals surface area contributed by atoms with Gasteiger partial charge in [-0.25, -0.2) is 0 Å². The van der Waals surface area contributed by atoms with Crippen molar-refractivity contribution in [3.05, 3.63) is 12.4 Å². The summed E-state index contributed by atoms with van der Waals surface area (Å²) >= 11 is 0. The van der Waals surface area contributed by atoms with E-state index in [9.17, 15) is 4.79 Å². The monoisotopic (exact) mass is 221 g/mol. The number of anilines is 1. The number of carbonyl (C=O) groups is 1. The zero-order valence-corrected chi connectivity index (χ0v) is 10.3. The van der Waals surface area contributed by atoms with E-state index < -0.39 is 0 Å². The normalized spacial score (nSPS) is 22.2. The Morgan fingerprint density at radius 2 is 2.25 bits per heavy atom. The molecule has 0 spiro atoms. The van der Waals surface area contributed by atoms with E-state index in [0.29, 0.717) is 6.04 Å². The summed E-state index contributed by atoms with van der Waals surface area (Å²) in [7, 11) is 0. The third-order valence-corrected chi connectivity index (χ3v) is 3.23. The minimum absolute atomic E-state index is 0.119. The maximum Gasteiger partial charge on any atom is 0.228 e. The SMILES string of the molecule is CC(C)n1cc(NC(=O)[C@H]2CC2(C)C)cn1. The van der Waals surface area contributed by atoms with Crippen molar-refractivity contribution < 1.29 is 4.79 Å². The van der Waals surface area contributed by atoms with Crippen molar-refractivity contribution in [1.29, 1.82) is 0 Å². The van der Waals surface area contributed by atoms with Crippen LogP contribution in [0.15, 0.2) is 12.4 Å². The van der Waals surface area contributed by atoms with Crippen LogP contribution >= 0.6 is 0 Å². The fourth-order valence-corrected chi connectivity index (χ4v) is 1.83. The molecule has 1 atom stereocenters. The highest BCUT2D eigenvalue weighted by atomic mass is 16.2. The van der Waals surface area contributed by atoms with Crippen LogP contribution in [0.5, 0.6) is 0 Å². The maximum atomic E-state index is 11.8. The van der Waals surface area contributed by atoms with Gasteiger partial charge in [0.1, 0.15) is 0 Å². The molecule has 0 radical (unpaired) electrons. The van der Waals surface area contributed by atoms with E-state index in [0.717, 1.165) is 12.1 Å². The molecule has 0 aliphatic heterocycles. The van der Waals surface area contributed by atoms with Gasteiger partial charge in [0.25, 0.3) is 0 Å². The molecular formula is C12H19N3O. The molecular weight excluding hydrogens is 202 g/mol. The second-order valence-electron chi connectivity index (χ2n) is 5.54. The van der Waals surface area contributed by atoms with Crippen LogP contribution in [0.1, 0.15) is 40.2 Å². The van der Waals surface area contributed by atoms with Gasteiger partial charge in [0.2, 0.25) is 5.91 Å². The summed E-state index contributed by atoms with van der Waals surface area (Å²) in [5, 5.41) is 7.10. The predicted octanol–water partition coefficient (Wildman–Crippen LogP) is 2.45. The first-order chi connectivity index (χ1) is 7.40. The summed E-state index contributed by atoms with van der Waals surface area (Å²) in [6.07, 6.45) is 4.56. The lowest BCUT2D eigenvalue weighted by Crippen LogP contribution is -2.16. The molecule has 1 heterocycles. The van der Waals surface area contributed by atoms with Crippen molar-refractivity contribution in [3.8, 4) is 0 Å². The number of carbonyl (C=O) groups excluding carboxylic acids is 1. The molecule has 4 heteroatoms. The maximum absolute atomic E-state index is 11.8. The molecule has 1 aliphatic rings. The van der Waals surface area contributed by atoms with Crippen LogP contribution in [-0.4, -0.2) is 15.7 Å². The van der Waals surface area contributed by atoms with Crippen molar-refractivity contribution >= 4 is 11.6 Å². The molecule has 16 heavy (non-hydrogen) atoms. The second-order valence-corrected chi connectivity index (χ2v) is 5.54. The van der Waals surface area contributed by atoms with Crippen molar-refractivity contribution in [2.24, 2.45) is 11.3 Å². The van der Waals surface area contributed by atoms with E-state index in [1.165, 1.54) is 0 Å². The Hall–Kier alpha value is -1.32. The standard InChI is InChI=1S/C12H19N3O/c1-8(2)15-7-9(6-13-15)14-11(16)10-5-12(10,3)4/h6-8,10H,5H2,1-4H3,(H,14,16)/t10-/m1/s1. The van der Waals surface area contributed by atoms with Crippen LogP contribution in [0, 0.1) is 11.3 Å². The van der Waals surface area contributed by atoms with Crippen molar-refractivity contribution in [2.75, 3.05) is 5.32 Å². The molecule has 88 valence electrons. The van der Waals surface area contributed by atoms with E-state index in [2.05, 4.69) is 38.1 Å². The Kier molecular flexibility index (Phi) is 2.52. The molecule has 1 fully saturated rings. The Labute approximate surface area is 96.0 Å². The second kappa shape index (κ2) is 3.61. The molecule has 1 N–H and O–H groups in total. The average molecular weight is 221 g/mol. The van der Waals surface area contributed by atoms with Crippen LogP contribution in [0.4, 0.5) is 5.69 Å². The molecule has 4 nitrogen and oxygen atoms in total. The lowest BCUT2D eigenvalue weighted by molar-refractivity contribution is -0.118. The fourth-order valence-electron chi connectivity index (χ4n) is 1.83. The van der Waals surface area contributed by atoms with Gasteiger partial charge < -0.3 is 5.32 Å². The third-order valence-electron chi connectivity index (χ3n) is 3.23. The average Bonchev–Trinajstić information content (AvgIpc) is 2.62. The summed E-state index contributed by atoms with van der Waals surface area (Å²) in [6.45, 7) is 8.36. The summed E-state index contributed by atoms with van der Waals surface area (Å²) in [5.74, 6) is 0.281. The summed E-state index contributed by atoms with van der Waals surface area (Å²) in [4.78, 5) is 11.8. The van der Waals surface area contributed by atoms with Crippen molar-refractivity contribution in [1.82, 2.24) is 9.78 Å². The first-order valence-electron chi connectivity index (χ1n) is 5.75. The van der Waals surface area contributed by atoms with Gasteiger partial charge in [-0.15, -0.1) is 0 Å². The van der Waals surface area contributed by atoms with E-state index in [1.807, 2.05) is 10.9 Å². The van der Waals surface area contributed by atoms with E-state index in [-0.39, 0.29) is 17.2 Å². The van der Waals surface area contributed by atoms with E-state index >= 15 is 0 Å². The number of hydrogen-bond donors (Lipinski definition) is 1. The van der Waals surface area contributed by atoms with Crippen LogP contribution in [0.2, 0.25) is 0 Å². The van der Waals surface area contributed by atoms with Gasteiger partial charge in [0, 0.05) is 18.2 Å². The zero-order valence-electron chi connectivity index (χ0n) is 10.3. The smallest absolute Gasteiger partial charge is 0.228 e. The Balaban J connectivity index is 1.97. The fraction of sp³-hybridized carbons (Fsp3) is 0.667. The molecule has 1 aromatic heterocycles. The molecule has 0 aromatic carbocycles. The molecule has 0 saturated heterocycles. The van der Waals surface area contributed by atoms with Crippen LogP contribution < -0.4 is 5.32 Å². The van der Waals surface area contributed by atoms with Gasteiger partial charge in [-0.3, -0.25) is 9.48 Å². The molecule has 1 aromatic rings. The van der Waals surface area contributed by atoms with Gasteiger partial charge in [0.05, 0.1) is 11.9 Å². The molecule has 0 unspecified atom stereocenters. The van der Waals surface area contributed by atoms with Crippen LogP contribution in [0.3, 0.4) is 0 Å². The Bertz CT molecular complexity index is 406. The highest BCUT2D eigenvalue weighted by Crippen LogP contribution is 2.51. The molecule has 0 bridgehead atoms. The van der Waals surface area contributed by atoms with Gasteiger partial charge in [-0.05, 0) is 25.7 Å². The predicted molar refractivity (Wildman–Crippen MR) is 63.1 cm³/mol. The lowest BCUT2D eigenvalue weighted by atomic mass is 10.1. The number of amides is 1. The Morgan fingerprint density at radius 3 is 2.69 bits per heavy atom. The van der Waals surface area contributed by atoms with Crippen LogP contribution in [0.25, 0.3) is 0 Å². The molecule has 1 aliphatic carbocycles. The third kappa shape index (κ3) is 2.10. The first kappa shape index (κ1) is 11.2. The van der Waals surface area contributed by atoms with Gasteiger partial charge in [-0.1, -0.05) is 13.8 Å². The van der Waals surface area contributed by atoms with Gasteiger partial charge >= 0.3 is 0 Å². The number of aromatic nitrogens is 2. The lowest BCUT2D eigenvalue weighted by Gasteiger charge is -2.05. The zero-order chi connectivity index (χ0) is 11.9. The number of hydrogen-bond acceptors (Lipinski definition) is 2. The highest BCUT2D eigenvalue weighted by Gasteiger charge is 2.50. The Morgan fingerprint density at radius 1 is 1.62 bits per heavy atom. The molecule has 1 amide bonds. The number of rotatable bonds is 3. The van der Waals surface area contributed by atoms with Crippen molar-refractivity contribution in [2.45, 2.75) is 40.2 Å². The minimum atomic E-state index is 0.119. The topological polar surface area (TPSA) is 46.9 Å². The summed E-state index contributed by atoms with van der Waals surface area (Å²) in [6, 6.07) is 0.322.